The van der Waals surface area contributed by atoms with Gasteiger partial charge in [-0.1, -0.05) is 0 Å². The monoisotopic (exact) mass is 433 g/mol. The molecule has 0 aliphatic heterocycles. The van der Waals surface area contributed by atoms with Crippen LogP contribution in [-0.4, -0.2) is 38.6 Å². The predicted octanol–water partition coefficient (Wildman–Crippen LogP) is 4.46. The van der Waals surface area contributed by atoms with Gasteiger partial charge >= 0.3 is 5.97 Å². The molecule has 9 nitrogen and oxygen atoms in total. The van der Waals surface area contributed by atoms with Crippen molar-refractivity contribution in [2.24, 2.45) is 0 Å². The molecule has 0 aliphatic carbocycles. The number of fused-ring (bicyclic) bond motifs is 1. The lowest BCUT2D eigenvalue weighted by atomic mass is 10.2. The maximum absolute atomic E-state index is 10.9. The van der Waals surface area contributed by atoms with Crippen molar-refractivity contribution >= 4 is 17.3 Å². The molecule has 162 valence electrons. The number of hydrogen-bond donors (Lipinski definition) is 1. The maximum atomic E-state index is 10.9. The Labute approximate surface area is 182 Å². The van der Waals surface area contributed by atoms with Crippen molar-refractivity contribution in [1.29, 1.82) is 0 Å². The number of nitro groups is 1. The number of carbonyl (C=O) groups is 1. The molecule has 0 radical (unpaired) electrons. The molecule has 0 atom stereocenters. The summed E-state index contributed by atoms with van der Waals surface area (Å²) in [7, 11) is 0. The number of imidazole rings is 1. The first-order valence-electron chi connectivity index (χ1n) is 9.82. The second-order valence-electron chi connectivity index (χ2n) is 6.94. The van der Waals surface area contributed by atoms with Crippen LogP contribution in [0.15, 0.2) is 73.1 Å². The highest BCUT2D eigenvalue weighted by atomic mass is 16.6. The van der Waals surface area contributed by atoms with E-state index in [0.29, 0.717) is 42.5 Å². The zero-order chi connectivity index (χ0) is 22.5. The molecule has 0 bridgehead atoms. The fourth-order valence-electron chi connectivity index (χ4n) is 3.08. The first-order chi connectivity index (χ1) is 15.5. The van der Waals surface area contributed by atoms with E-state index >= 15 is 0 Å². The lowest BCUT2D eigenvalue weighted by Gasteiger charge is -2.08. The summed E-state index contributed by atoms with van der Waals surface area (Å²) in [5, 5.41) is 19.8. The molecule has 0 amide bonds. The standard InChI is InChI=1S/C23H19N3O6/c27-23(28)17-4-9-20(10-5-17)32-13-1-12-31-19-7-2-16(3-8-19)21-15-25-14-18(26(29)30)6-11-22(25)24-21/h2-11,14-15H,1,12-13H2,(H,27,28). The van der Waals surface area contributed by atoms with Crippen molar-refractivity contribution in [1.82, 2.24) is 9.38 Å². The minimum absolute atomic E-state index is 0.00597. The fraction of sp³-hybridized carbons (Fsp3) is 0.130. The zero-order valence-corrected chi connectivity index (χ0v) is 16.9. The Balaban J connectivity index is 1.28. The smallest absolute Gasteiger partial charge is 0.335 e. The van der Waals surface area contributed by atoms with Crippen LogP contribution in [-0.2, 0) is 0 Å². The normalized spacial score (nSPS) is 10.8. The number of carboxylic acid groups (broad SMARTS) is 1. The number of rotatable bonds is 9. The van der Waals surface area contributed by atoms with E-state index in [2.05, 4.69) is 4.98 Å². The third-order valence-electron chi connectivity index (χ3n) is 4.72. The lowest BCUT2D eigenvalue weighted by Crippen LogP contribution is -2.05. The van der Waals surface area contributed by atoms with E-state index in [9.17, 15) is 14.9 Å². The van der Waals surface area contributed by atoms with Gasteiger partial charge in [-0.2, -0.15) is 0 Å². The van der Waals surface area contributed by atoms with E-state index in [1.807, 2.05) is 24.3 Å². The first-order valence-corrected chi connectivity index (χ1v) is 9.82. The van der Waals surface area contributed by atoms with Gasteiger partial charge in [0, 0.05) is 24.2 Å². The van der Waals surface area contributed by atoms with Crippen LogP contribution >= 0.6 is 0 Å². The highest BCUT2D eigenvalue weighted by Crippen LogP contribution is 2.23. The number of carboxylic acids is 1. The number of ether oxygens (including phenoxy) is 2. The molecule has 9 heteroatoms. The number of aromatic nitrogens is 2. The van der Waals surface area contributed by atoms with Crippen LogP contribution in [0, 0.1) is 10.1 Å². The zero-order valence-electron chi connectivity index (χ0n) is 16.9. The van der Waals surface area contributed by atoms with Crippen LogP contribution in [0.2, 0.25) is 0 Å². The second-order valence-corrected chi connectivity index (χ2v) is 6.94. The molecule has 32 heavy (non-hydrogen) atoms. The summed E-state index contributed by atoms with van der Waals surface area (Å²) in [5.41, 5.74) is 2.43. The second kappa shape index (κ2) is 9.17. The first kappa shape index (κ1) is 20.9. The van der Waals surface area contributed by atoms with Gasteiger partial charge in [0.1, 0.15) is 17.1 Å². The minimum atomic E-state index is -0.971. The molecule has 0 spiro atoms. The maximum Gasteiger partial charge on any atom is 0.335 e. The lowest BCUT2D eigenvalue weighted by molar-refractivity contribution is -0.385. The summed E-state index contributed by atoms with van der Waals surface area (Å²) in [6.45, 7) is 0.905. The Morgan fingerprint density at radius 1 is 0.938 bits per heavy atom. The fourth-order valence-corrected chi connectivity index (χ4v) is 3.08. The molecule has 1 N–H and O–H groups in total. The Bertz CT molecular complexity index is 1250. The summed E-state index contributed by atoms with van der Waals surface area (Å²) < 4.78 is 12.9. The van der Waals surface area contributed by atoms with E-state index in [-0.39, 0.29) is 11.3 Å². The van der Waals surface area contributed by atoms with E-state index < -0.39 is 10.9 Å². The van der Waals surface area contributed by atoms with Crippen LogP contribution < -0.4 is 9.47 Å². The van der Waals surface area contributed by atoms with Gasteiger partial charge < -0.3 is 14.6 Å². The largest absolute Gasteiger partial charge is 0.493 e. The highest BCUT2D eigenvalue weighted by molar-refractivity contribution is 5.87. The van der Waals surface area contributed by atoms with Crippen LogP contribution in [0.5, 0.6) is 11.5 Å². The van der Waals surface area contributed by atoms with Gasteiger partial charge in [-0.15, -0.1) is 0 Å². The summed E-state index contributed by atoms with van der Waals surface area (Å²) >= 11 is 0. The number of benzene rings is 2. The van der Waals surface area contributed by atoms with Crippen LogP contribution in [0.25, 0.3) is 16.9 Å². The molecule has 2 aromatic carbocycles. The number of nitrogens with zero attached hydrogens (tertiary/aromatic N) is 3. The van der Waals surface area contributed by atoms with E-state index in [1.54, 1.807) is 28.8 Å². The predicted molar refractivity (Wildman–Crippen MR) is 116 cm³/mol. The van der Waals surface area contributed by atoms with Crippen LogP contribution in [0.1, 0.15) is 16.8 Å². The molecule has 2 heterocycles. The van der Waals surface area contributed by atoms with Crippen molar-refractivity contribution in [3.63, 3.8) is 0 Å². The highest BCUT2D eigenvalue weighted by Gasteiger charge is 2.10. The third kappa shape index (κ3) is 4.84. The molecule has 4 aromatic rings. The summed E-state index contributed by atoms with van der Waals surface area (Å²) in [5.74, 6) is 0.345. The van der Waals surface area contributed by atoms with Crippen molar-refractivity contribution in [2.45, 2.75) is 6.42 Å². The van der Waals surface area contributed by atoms with Crippen molar-refractivity contribution in [3.8, 4) is 22.8 Å². The van der Waals surface area contributed by atoms with Crippen molar-refractivity contribution in [3.05, 3.63) is 88.7 Å². The van der Waals surface area contributed by atoms with Crippen molar-refractivity contribution < 1.29 is 24.3 Å². The van der Waals surface area contributed by atoms with Gasteiger partial charge in [0.25, 0.3) is 5.69 Å². The molecule has 0 unspecified atom stereocenters. The molecule has 0 saturated heterocycles. The van der Waals surface area contributed by atoms with E-state index in [1.165, 1.54) is 24.4 Å². The van der Waals surface area contributed by atoms with Crippen LogP contribution in [0.4, 0.5) is 5.69 Å². The van der Waals surface area contributed by atoms with Gasteiger partial charge in [-0.25, -0.2) is 9.78 Å². The third-order valence-corrected chi connectivity index (χ3v) is 4.72. The molecule has 2 aromatic heterocycles. The van der Waals surface area contributed by atoms with Gasteiger partial charge in [0.15, 0.2) is 0 Å². The molecular weight excluding hydrogens is 414 g/mol. The molecular formula is C23H19N3O6. The molecule has 4 rings (SSSR count). The van der Waals surface area contributed by atoms with Gasteiger partial charge in [-0.05, 0) is 54.6 Å². The summed E-state index contributed by atoms with van der Waals surface area (Å²) in [6, 6.07) is 16.7. The van der Waals surface area contributed by atoms with Crippen molar-refractivity contribution in [2.75, 3.05) is 13.2 Å². The van der Waals surface area contributed by atoms with Gasteiger partial charge in [0.05, 0.1) is 35.6 Å². The number of pyridine rings is 1. The molecule has 0 aliphatic rings. The topological polar surface area (TPSA) is 116 Å². The average Bonchev–Trinajstić information content (AvgIpc) is 3.23. The quantitative estimate of drug-likeness (QED) is 0.235. The Morgan fingerprint density at radius 2 is 1.56 bits per heavy atom. The summed E-state index contributed by atoms with van der Waals surface area (Å²) in [6.07, 6.45) is 3.85. The average molecular weight is 433 g/mol. The van der Waals surface area contributed by atoms with Crippen LogP contribution in [0.3, 0.4) is 0 Å². The number of hydrogen-bond acceptors (Lipinski definition) is 6. The number of aromatic carboxylic acids is 1. The van der Waals surface area contributed by atoms with E-state index in [0.717, 1.165) is 5.56 Å². The van der Waals surface area contributed by atoms with Gasteiger partial charge in [-0.3, -0.25) is 14.5 Å². The SMILES string of the molecule is O=C(O)c1ccc(OCCCOc2ccc(-c3cn4cc([N+](=O)[O-])ccc4n3)cc2)cc1. The summed E-state index contributed by atoms with van der Waals surface area (Å²) in [4.78, 5) is 25.8. The molecule has 0 saturated carbocycles. The Kier molecular flexibility index (Phi) is 5.98. The Hall–Kier alpha value is -4.40. The Morgan fingerprint density at radius 3 is 2.16 bits per heavy atom. The minimum Gasteiger partial charge on any atom is -0.493 e. The van der Waals surface area contributed by atoms with Gasteiger partial charge in [0.2, 0.25) is 0 Å². The van der Waals surface area contributed by atoms with E-state index in [4.69, 9.17) is 14.6 Å². The molecule has 0 fully saturated rings.